The third-order valence-electron chi connectivity index (χ3n) is 5.80. The van der Waals surface area contributed by atoms with Gasteiger partial charge in [-0.1, -0.05) is 37.3 Å². The Labute approximate surface area is 181 Å². The summed E-state index contributed by atoms with van der Waals surface area (Å²) in [6.45, 7) is 3.75. The van der Waals surface area contributed by atoms with Gasteiger partial charge in [0.2, 0.25) is 5.91 Å². The van der Waals surface area contributed by atoms with Crippen molar-refractivity contribution in [2.45, 2.75) is 25.7 Å². The first-order chi connectivity index (χ1) is 15.1. The summed E-state index contributed by atoms with van der Waals surface area (Å²) in [6, 6.07) is 15.6. The average Bonchev–Trinajstić information content (AvgIpc) is 3.33. The molecule has 31 heavy (non-hydrogen) atoms. The van der Waals surface area contributed by atoms with Crippen molar-refractivity contribution >= 4 is 11.8 Å². The zero-order valence-corrected chi connectivity index (χ0v) is 17.6. The topological polar surface area (TPSA) is 91.0 Å². The second-order valence-electron chi connectivity index (χ2n) is 8.06. The van der Waals surface area contributed by atoms with Crippen LogP contribution in [-0.2, 0) is 4.79 Å². The van der Waals surface area contributed by atoms with Crippen LogP contribution in [0.15, 0.2) is 60.9 Å². The van der Waals surface area contributed by atoms with Gasteiger partial charge in [0.25, 0.3) is 5.91 Å². The largest absolute Gasteiger partial charge is 0.355 e. The highest BCUT2D eigenvalue weighted by Gasteiger charge is 2.29. The van der Waals surface area contributed by atoms with Gasteiger partial charge in [0.15, 0.2) is 0 Å². The second-order valence-corrected chi connectivity index (χ2v) is 8.06. The van der Waals surface area contributed by atoms with Crippen molar-refractivity contribution in [2.75, 3.05) is 19.6 Å². The quantitative estimate of drug-likeness (QED) is 0.644. The van der Waals surface area contributed by atoms with E-state index in [0.717, 1.165) is 18.4 Å². The Morgan fingerprint density at radius 2 is 2.06 bits per heavy atom. The summed E-state index contributed by atoms with van der Waals surface area (Å²) >= 11 is 0. The third kappa shape index (κ3) is 4.99. The van der Waals surface area contributed by atoms with E-state index in [-0.39, 0.29) is 23.7 Å². The molecule has 2 unspecified atom stereocenters. The zero-order chi connectivity index (χ0) is 21.6. The lowest BCUT2D eigenvalue weighted by atomic mass is 9.96. The Balaban J connectivity index is 1.34. The molecular weight excluding hydrogens is 390 g/mol. The zero-order valence-electron chi connectivity index (χ0n) is 17.6. The third-order valence-corrected chi connectivity index (χ3v) is 5.80. The Kier molecular flexibility index (Phi) is 6.40. The van der Waals surface area contributed by atoms with Crippen molar-refractivity contribution in [3.8, 4) is 11.3 Å². The van der Waals surface area contributed by atoms with Crippen molar-refractivity contribution in [3.05, 3.63) is 72.2 Å². The molecule has 1 aromatic carbocycles. The normalized spacial score (nSPS) is 17.2. The number of amides is 2. The Morgan fingerprint density at radius 3 is 2.84 bits per heavy atom. The van der Waals surface area contributed by atoms with Gasteiger partial charge in [-0.25, -0.2) is 0 Å². The van der Waals surface area contributed by atoms with Gasteiger partial charge in [0, 0.05) is 37.6 Å². The van der Waals surface area contributed by atoms with Crippen LogP contribution in [0.1, 0.15) is 41.7 Å². The van der Waals surface area contributed by atoms with Gasteiger partial charge in [-0.05, 0) is 42.5 Å². The average molecular weight is 418 g/mol. The van der Waals surface area contributed by atoms with E-state index >= 15 is 0 Å². The number of piperidine rings is 1. The van der Waals surface area contributed by atoms with E-state index in [4.69, 9.17) is 0 Å². The number of aromatic amines is 1. The first-order valence-corrected chi connectivity index (χ1v) is 10.7. The summed E-state index contributed by atoms with van der Waals surface area (Å²) in [7, 11) is 0. The molecule has 0 radical (unpaired) electrons. The lowest BCUT2D eigenvalue weighted by molar-refractivity contribution is -0.126. The van der Waals surface area contributed by atoms with E-state index < -0.39 is 0 Å². The first kappa shape index (κ1) is 20.8. The highest BCUT2D eigenvalue weighted by molar-refractivity contribution is 5.94. The number of nitrogens with one attached hydrogen (secondary N) is 2. The van der Waals surface area contributed by atoms with Crippen molar-refractivity contribution in [2.24, 2.45) is 5.92 Å². The van der Waals surface area contributed by atoms with Crippen LogP contribution in [0, 0.1) is 5.92 Å². The molecule has 3 heterocycles. The lowest BCUT2D eigenvalue weighted by Crippen LogP contribution is -2.46. The number of aromatic nitrogens is 3. The van der Waals surface area contributed by atoms with E-state index in [9.17, 15) is 9.59 Å². The van der Waals surface area contributed by atoms with Gasteiger partial charge in [0.1, 0.15) is 5.69 Å². The maximum Gasteiger partial charge on any atom is 0.271 e. The smallest absolute Gasteiger partial charge is 0.271 e. The van der Waals surface area contributed by atoms with Crippen LogP contribution in [-0.4, -0.2) is 51.5 Å². The number of benzene rings is 1. The monoisotopic (exact) mass is 417 g/mol. The van der Waals surface area contributed by atoms with Gasteiger partial charge in [-0.15, -0.1) is 0 Å². The first-order valence-electron chi connectivity index (χ1n) is 10.7. The highest BCUT2D eigenvalue weighted by Crippen LogP contribution is 2.21. The molecule has 2 N–H and O–H groups in total. The van der Waals surface area contributed by atoms with Gasteiger partial charge in [-0.2, -0.15) is 5.10 Å². The summed E-state index contributed by atoms with van der Waals surface area (Å²) in [4.78, 5) is 31.6. The molecule has 7 nitrogen and oxygen atoms in total. The van der Waals surface area contributed by atoms with Crippen LogP contribution in [0.25, 0.3) is 11.3 Å². The molecule has 2 atom stereocenters. The van der Waals surface area contributed by atoms with Gasteiger partial charge in [0.05, 0.1) is 11.6 Å². The SMILES string of the molecule is CC(CNC(=O)C1CCCN(C(=O)c2cc(-c3cccnc3)n[nH]2)C1)c1ccccc1. The summed E-state index contributed by atoms with van der Waals surface area (Å²) in [5.41, 5.74) is 3.16. The number of rotatable bonds is 6. The molecule has 1 fully saturated rings. The van der Waals surface area contributed by atoms with Crippen LogP contribution in [0.4, 0.5) is 0 Å². The molecule has 1 aliphatic rings. The maximum atomic E-state index is 13.0. The van der Waals surface area contributed by atoms with Crippen LogP contribution < -0.4 is 5.32 Å². The minimum absolute atomic E-state index is 0.0148. The van der Waals surface area contributed by atoms with Crippen molar-refractivity contribution < 1.29 is 9.59 Å². The van der Waals surface area contributed by atoms with Crippen LogP contribution >= 0.6 is 0 Å². The molecule has 2 amide bonds. The second kappa shape index (κ2) is 9.55. The van der Waals surface area contributed by atoms with E-state index in [2.05, 4.69) is 39.6 Å². The minimum Gasteiger partial charge on any atom is -0.355 e. The number of carbonyl (C=O) groups is 2. The fourth-order valence-electron chi connectivity index (χ4n) is 3.94. The molecule has 7 heteroatoms. The molecule has 160 valence electrons. The Morgan fingerprint density at radius 1 is 1.23 bits per heavy atom. The van der Waals surface area contributed by atoms with Gasteiger partial charge < -0.3 is 10.2 Å². The summed E-state index contributed by atoms with van der Waals surface area (Å²) in [5.74, 6) is -0.0671. The van der Waals surface area contributed by atoms with E-state index in [1.807, 2.05) is 30.3 Å². The maximum absolute atomic E-state index is 13.0. The Hall–Kier alpha value is -3.48. The number of H-pyrrole nitrogens is 1. The molecule has 0 saturated carbocycles. The van der Waals surface area contributed by atoms with Crippen molar-refractivity contribution in [1.29, 1.82) is 0 Å². The fraction of sp³-hybridized carbons (Fsp3) is 0.333. The Bertz CT molecular complexity index is 1020. The number of pyridine rings is 1. The molecule has 0 spiro atoms. The lowest BCUT2D eigenvalue weighted by Gasteiger charge is -2.32. The van der Waals surface area contributed by atoms with Crippen molar-refractivity contribution in [3.63, 3.8) is 0 Å². The predicted molar refractivity (Wildman–Crippen MR) is 118 cm³/mol. The molecule has 2 aromatic heterocycles. The summed E-state index contributed by atoms with van der Waals surface area (Å²) in [6.07, 6.45) is 5.00. The highest BCUT2D eigenvalue weighted by atomic mass is 16.2. The standard InChI is InChI=1S/C24H27N5O2/c1-17(18-7-3-2-4-8-18)14-26-23(30)20-10-6-12-29(16-20)24(31)22-13-21(27-28-22)19-9-5-11-25-15-19/h2-5,7-9,11,13,15,17,20H,6,10,12,14,16H2,1H3,(H,26,30)(H,27,28). The molecule has 1 aliphatic heterocycles. The predicted octanol–water partition coefficient (Wildman–Crippen LogP) is 3.24. The van der Waals surface area contributed by atoms with Crippen LogP contribution in [0.2, 0.25) is 0 Å². The van der Waals surface area contributed by atoms with Gasteiger partial charge in [-0.3, -0.25) is 19.7 Å². The van der Waals surface area contributed by atoms with E-state index in [1.165, 1.54) is 5.56 Å². The van der Waals surface area contributed by atoms with Crippen LogP contribution in [0.5, 0.6) is 0 Å². The minimum atomic E-state index is -0.193. The number of nitrogens with zero attached hydrogens (tertiary/aromatic N) is 3. The molecule has 0 aliphatic carbocycles. The summed E-state index contributed by atoms with van der Waals surface area (Å²) < 4.78 is 0. The number of carbonyl (C=O) groups excluding carboxylic acids is 2. The van der Waals surface area contributed by atoms with E-state index in [1.54, 1.807) is 23.4 Å². The fourth-order valence-corrected chi connectivity index (χ4v) is 3.94. The molecule has 4 rings (SSSR count). The molecular formula is C24H27N5O2. The molecule has 0 bridgehead atoms. The van der Waals surface area contributed by atoms with Crippen molar-refractivity contribution in [1.82, 2.24) is 25.4 Å². The summed E-state index contributed by atoms with van der Waals surface area (Å²) in [5, 5.41) is 10.1. The molecule has 3 aromatic rings. The number of likely N-dealkylation sites (tertiary alicyclic amines) is 1. The number of hydrogen-bond donors (Lipinski definition) is 2. The molecule has 1 saturated heterocycles. The van der Waals surface area contributed by atoms with Crippen LogP contribution in [0.3, 0.4) is 0 Å². The van der Waals surface area contributed by atoms with E-state index in [0.29, 0.717) is 31.0 Å². The number of hydrogen-bond acceptors (Lipinski definition) is 4. The van der Waals surface area contributed by atoms with Gasteiger partial charge >= 0.3 is 0 Å².